The van der Waals surface area contributed by atoms with Gasteiger partial charge in [-0.25, -0.2) is 9.59 Å². The SMILES string of the molecule is Cc1nnc(-c2cc(N)c(OC[C@H](NC(=O)OC(C)(C)C)C(=O)O)cc2C)o1. The molecule has 1 amide bonds. The van der Waals surface area contributed by atoms with E-state index in [9.17, 15) is 14.7 Å². The van der Waals surface area contributed by atoms with E-state index in [-0.39, 0.29) is 18.0 Å². The Morgan fingerprint density at radius 2 is 1.96 bits per heavy atom. The van der Waals surface area contributed by atoms with Gasteiger partial charge in [-0.15, -0.1) is 10.2 Å². The van der Waals surface area contributed by atoms with Gasteiger partial charge in [0.15, 0.2) is 6.04 Å². The van der Waals surface area contributed by atoms with Crippen LogP contribution in [0.4, 0.5) is 10.5 Å². The molecule has 0 bridgehead atoms. The number of anilines is 1. The summed E-state index contributed by atoms with van der Waals surface area (Å²) >= 11 is 0. The maximum Gasteiger partial charge on any atom is 0.408 e. The van der Waals surface area contributed by atoms with E-state index in [1.54, 1.807) is 46.8 Å². The number of ether oxygens (including phenoxy) is 2. The first-order valence-corrected chi connectivity index (χ1v) is 8.52. The average molecular weight is 392 g/mol. The molecule has 152 valence electrons. The fraction of sp³-hybridized carbons (Fsp3) is 0.444. The summed E-state index contributed by atoms with van der Waals surface area (Å²) in [4.78, 5) is 23.2. The lowest BCUT2D eigenvalue weighted by molar-refractivity contribution is -0.140. The van der Waals surface area contributed by atoms with Crippen molar-refractivity contribution in [1.82, 2.24) is 15.5 Å². The summed E-state index contributed by atoms with van der Waals surface area (Å²) in [6, 6.07) is 1.93. The van der Waals surface area contributed by atoms with Gasteiger partial charge in [0.1, 0.15) is 18.0 Å². The van der Waals surface area contributed by atoms with E-state index < -0.39 is 23.7 Å². The van der Waals surface area contributed by atoms with Gasteiger partial charge in [0.25, 0.3) is 0 Å². The molecule has 10 heteroatoms. The van der Waals surface area contributed by atoms with Gasteiger partial charge in [-0.1, -0.05) is 0 Å². The smallest absolute Gasteiger partial charge is 0.408 e. The third-order valence-corrected chi connectivity index (χ3v) is 3.51. The maximum atomic E-state index is 11.8. The number of carbonyl (C=O) groups is 2. The lowest BCUT2D eigenvalue weighted by Crippen LogP contribution is -2.46. The largest absolute Gasteiger partial charge is 0.489 e. The number of amides is 1. The zero-order valence-electron chi connectivity index (χ0n) is 16.4. The average Bonchev–Trinajstić information content (AvgIpc) is 2.98. The lowest BCUT2D eigenvalue weighted by Gasteiger charge is -2.22. The van der Waals surface area contributed by atoms with Gasteiger partial charge < -0.3 is 30.0 Å². The summed E-state index contributed by atoms with van der Waals surface area (Å²) in [5, 5.41) is 19.3. The molecule has 0 radical (unpaired) electrons. The Morgan fingerprint density at radius 3 is 2.50 bits per heavy atom. The molecule has 28 heavy (non-hydrogen) atoms. The fourth-order valence-corrected chi connectivity index (χ4v) is 2.26. The molecule has 10 nitrogen and oxygen atoms in total. The number of carboxylic acid groups (broad SMARTS) is 1. The number of nitrogens with two attached hydrogens (primary N) is 1. The molecule has 0 aliphatic rings. The zero-order valence-corrected chi connectivity index (χ0v) is 16.4. The Balaban J connectivity index is 2.10. The number of nitrogen functional groups attached to an aromatic ring is 1. The molecule has 2 aromatic rings. The first kappa shape index (κ1) is 21.0. The number of alkyl carbamates (subject to hydrolysis) is 1. The van der Waals surface area contributed by atoms with Crippen LogP contribution in [0.1, 0.15) is 32.2 Å². The van der Waals surface area contributed by atoms with Gasteiger partial charge in [-0.2, -0.15) is 0 Å². The van der Waals surface area contributed by atoms with Gasteiger partial charge in [0.2, 0.25) is 11.8 Å². The molecular weight excluding hydrogens is 368 g/mol. The highest BCUT2D eigenvalue weighted by Crippen LogP contribution is 2.31. The quantitative estimate of drug-likeness (QED) is 0.629. The Kier molecular flexibility index (Phi) is 6.12. The minimum Gasteiger partial charge on any atom is -0.489 e. The second kappa shape index (κ2) is 8.15. The summed E-state index contributed by atoms with van der Waals surface area (Å²) in [6.07, 6.45) is -0.852. The summed E-state index contributed by atoms with van der Waals surface area (Å²) in [5.74, 6) is -0.247. The van der Waals surface area contributed by atoms with E-state index in [0.29, 0.717) is 17.3 Å². The van der Waals surface area contributed by atoms with Crippen LogP contribution in [0.5, 0.6) is 5.75 Å². The number of carbonyl (C=O) groups excluding carboxylic acids is 1. The second-order valence-electron chi connectivity index (χ2n) is 7.18. The number of nitrogens with one attached hydrogen (secondary N) is 1. The van der Waals surface area contributed by atoms with Crippen LogP contribution in [0.15, 0.2) is 16.5 Å². The van der Waals surface area contributed by atoms with E-state index in [1.165, 1.54) is 0 Å². The number of aryl methyl sites for hydroxylation is 2. The standard InChI is InChI=1S/C18H24N4O6/c1-9-6-14(12(19)7-11(9)15-22-21-10(2)27-15)26-8-13(16(23)24)20-17(25)28-18(3,4)5/h6-7,13H,8,19H2,1-5H3,(H,20,25)(H,23,24)/t13-/m0/s1. The number of rotatable bonds is 6. The van der Waals surface area contributed by atoms with Crippen LogP contribution >= 0.6 is 0 Å². The van der Waals surface area contributed by atoms with Crippen LogP contribution in [-0.4, -0.2) is 45.6 Å². The summed E-state index contributed by atoms with van der Waals surface area (Å²) < 4.78 is 16.0. The van der Waals surface area contributed by atoms with Crippen LogP contribution in [0.25, 0.3) is 11.5 Å². The highest BCUT2D eigenvalue weighted by Gasteiger charge is 2.25. The first-order valence-electron chi connectivity index (χ1n) is 8.52. The molecule has 0 saturated heterocycles. The van der Waals surface area contributed by atoms with Crippen molar-refractivity contribution in [3.63, 3.8) is 0 Å². The van der Waals surface area contributed by atoms with Crippen LogP contribution in [0, 0.1) is 13.8 Å². The van der Waals surface area contributed by atoms with Crippen molar-refractivity contribution in [2.45, 2.75) is 46.3 Å². The monoisotopic (exact) mass is 392 g/mol. The third kappa shape index (κ3) is 5.60. The molecule has 1 atom stereocenters. The van der Waals surface area contributed by atoms with Crippen molar-refractivity contribution in [2.75, 3.05) is 12.3 Å². The van der Waals surface area contributed by atoms with Gasteiger partial charge >= 0.3 is 12.1 Å². The van der Waals surface area contributed by atoms with Crippen LogP contribution < -0.4 is 15.8 Å². The minimum atomic E-state index is -1.31. The minimum absolute atomic E-state index is 0.262. The number of aromatic nitrogens is 2. The van der Waals surface area contributed by atoms with Crippen molar-refractivity contribution in [3.05, 3.63) is 23.6 Å². The van der Waals surface area contributed by atoms with Crippen molar-refractivity contribution < 1.29 is 28.6 Å². The Hall–Kier alpha value is -3.30. The number of benzene rings is 1. The highest BCUT2D eigenvalue weighted by molar-refractivity contribution is 5.80. The van der Waals surface area contributed by atoms with Crippen LogP contribution in [0.2, 0.25) is 0 Å². The topological polar surface area (TPSA) is 150 Å². The van der Waals surface area contributed by atoms with Gasteiger partial charge in [0.05, 0.1) is 5.69 Å². The Morgan fingerprint density at radius 1 is 1.29 bits per heavy atom. The van der Waals surface area contributed by atoms with Gasteiger partial charge in [-0.3, -0.25) is 0 Å². The van der Waals surface area contributed by atoms with E-state index in [0.717, 1.165) is 5.56 Å². The van der Waals surface area contributed by atoms with Crippen molar-refractivity contribution in [3.8, 4) is 17.2 Å². The van der Waals surface area contributed by atoms with Crippen molar-refractivity contribution in [1.29, 1.82) is 0 Å². The third-order valence-electron chi connectivity index (χ3n) is 3.51. The van der Waals surface area contributed by atoms with Crippen LogP contribution in [0.3, 0.4) is 0 Å². The molecule has 0 saturated carbocycles. The van der Waals surface area contributed by atoms with E-state index >= 15 is 0 Å². The summed E-state index contributed by atoms with van der Waals surface area (Å²) in [5.41, 5.74) is 6.91. The molecule has 1 heterocycles. The molecule has 0 spiro atoms. The van der Waals surface area contributed by atoms with Gasteiger partial charge in [-0.05, 0) is 45.4 Å². The van der Waals surface area contributed by atoms with Crippen LogP contribution in [-0.2, 0) is 9.53 Å². The zero-order chi connectivity index (χ0) is 21.1. The number of carboxylic acids is 1. The molecule has 1 aromatic heterocycles. The molecule has 4 N–H and O–H groups in total. The molecule has 2 rings (SSSR count). The molecule has 0 aliphatic heterocycles. The first-order chi connectivity index (χ1) is 13.0. The molecular formula is C18H24N4O6. The fourth-order valence-electron chi connectivity index (χ4n) is 2.26. The van der Waals surface area contributed by atoms with Gasteiger partial charge in [0, 0.05) is 12.5 Å². The molecule has 1 aromatic carbocycles. The van der Waals surface area contributed by atoms with E-state index in [1.807, 2.05) is 0 Å². The lowest BCUT2D eigenvalue weighted by atomic mass is 10.1. The Labute approximate surface area is 162 Å². The maximum absolute atomic E-state index is 11.8. The highest BCUT2D eigenvalue weighted by atomic mass is 16.6. The van der Waals surface area contributed by atoms with Crippen molar-refractivity contribution >= 4 is 17.7 Å². The Bertz CT molecular complexity index is 871. The molecule has 0 aliphatic carbocycles. The van der Waals surface area contributed by atoms with Crippen molar-refractivity contribution in [2.24, 2.45) is 0 Å². The number of nitrogens with zero attached hydrogens (tertiary/aromatic N) is 2. The number of aliphatic carboxylic acids is 1. The normalized spacial score (nSPS) is 12.3. The second-order valence-corrected chi connectivity index (χ2v) is 7.18. The van der Waals surface area contributed by atoms with E-state index in [2.05, 4.69) is 15.5 Å². The predicted molar refractivity (Wildman–Crippen MR) is 99.9 cm³/mol. The number of hydrogen-bond donors (Lipinski definition) is 3. The summed E-state index contributed by atoms with van der Waals surface area (Å²) in [7, 11) is 0. The molecule has 0 unspecified atom stereocenters. The van der Waals surface area contributed by atoms with E-state index in [4.69, 9.17) is 19.6 Å². The number of hydrogen-bond acceptors (Lipinski definition) is 8. The summed E-state index contributed by atoms with van der Waals surface area (Å²) in [6.45, 7) is 8.17. The molecule has 0 fully saturated rings. The predicted octanol–water partition coefficient (Wildman–Crippen LogP) is 2.29.